The summed E-state index contributed by atoms with van der Waals surface area (Å²) in [7, 11) is -1.67. The molecule has 0 aromatic heterocycles. The lowest BCUT2D eigenvalue weighted by atomic mass is 10.2. The maximum Gasteiger partial charge on any atom is 0.274 e. The highest BCUT2D eigenvalue weighted by Gasteiger charge is 2.49. The third-order valence-corrected chi connectivity index (χ3v) is 7.20. The molecule has 2 heterocycles. The van der Waals surface area contributed by atoms with Crippen molar-refractivity contribution in [2.45, 2.75) is 11.3 Å². The van der Waals surface area contributed by atoms with Gasteiger partial charge in [-0.25, -0.2) is 8.42 Å². The predicted octanol–water partition coefficient (Wildman–Crippen LogP) is 1.59. The van der Waals surface area contributed by atoms with Gasteiger partial charge in [0.2, 0.25) is 0 Å². The van der Waals surface area contributed by atoms with Crippen LogP contribution >= 0.6 is 23.4 Å². The smallest absolute Gasteiger partial charge is 0.274 e. The fraction of sp³-hybridized carbons (Fsp3) is 0.429. The van der Waals surface area contributed by atoms with Gasteiger partial charge in [0.25, 0.3) is 5.91 Å². The Kier molecular flexibility index (Phi) is 4.68. The van der Waals surface area contributed by atoms with Crippen LogP contribution in [0.4, 0.5) is 5.69 Å². The molecule has 2 fully saturated rings. The quantitative estimate of drug-likeness (QED) is 0.799. The van der Waals surface area contributed by atoms with E-state index in [-0.39, 0.29) is 29.4 Å². The number of amides is 1. The standard InChI is InChI=1S/C14H15ClN2O4S2/c1-21-6-13(18)16-14-17(10-5-3-2-4-9(10)15)11-7-23(19,20)8-12(11)22-14/h2-5,11-12H,6-8H2,1H3/t11-,12-/m1/s1. The van der Waals surface area contributed by atoms with E-state index >= 15 is 0 Å². The van der Waals surface area contributed by atoms with Crippen LogP contribution < -0.4 is 4.90 Å². The molecule has 124 valence electrons. The summed E-state index contributed by atoms with van der Waals surface area (Å²) in [4.78, 5) is 17.7. The van der Waals surface area contributed by atoms with Gasteiger partial charge < -0.3 is 9.64 Å². The molecule has 0 bridgehead atoms. The molecule has 0 N–H and O–H groups in total. The van der Waals surface area contributed by atoms with Gasteiger partial charge >= 0.3 is 0 Å². The summed E-state index contributed by atoms with van der Waals surface area (Å²) in [5.41, 5.74) is 0.662. The fourth-order valence-corrected chi connectivity index (χ4v) is 6.91. The van der Waals surface area contributed by atoms with Crippen LogP contribution in [0.3, 0.4) is 0 Å². The minimum absolute atomic E-state index is 0.0351. The van der Waals surface area contributed by atoms with E-state index in [1.807, 2.05) is 6.07 Å². The molecule has 2 saturated heterocycles. The highest BCUT2D eigenvalue weighted by molar-refractivity contribution is 8.16. The number of sulfone groups is 1. The second kappa shape index (κ2) is 6.43. The Labute approximate surface area is 143 Å². The van der Waals surface area contributed by atoms with Gasteiger partial charge in [-0.15, -0.1) is 0 Å². The Hall–Kier alpha value is -1.09. The van der Waals surface area contributed by atoms with E-state index in [2.05, 4.69) is 4.99 Å². The maximum atomic E-state index is 11.9. The van der Waals surface area contributed by atoms with Gasteiger partial charge in [0.05, 0.1) is 28.3 Å². The van der Waals surface area contributed by atoms with Crippen molar-refractivity contribution in [3.05, 3.63) is 29.3 Å². The number of hydrogen-bond acceptors (Lipinski definition) is 5. The number of nitrogens with zero attached hydrogens (tertiary/aromatic N) is 2. The minimum atomic E-state index is -3.09. The average Bonchev–Trinajstić information content (AvgIpc) is 2.91. The number of ether oxygens (including phenoxy) is 1. The zero-order valence-electron chi connectivity index (χ0n) is 12.3. The molecule has 23 heavy (non-hydrogen) atoms. The Bertz CT molecular complexity index is 766. The molecule has 2 atom stereocenters. The second-order valence-electron chi connectivity index (χ2n) is 5.34. The predicted molar refractivity (Wildman–Crippen MR) is 92.1 cm³/mol. The number of amidine groups is 1. The molecule has 3 rings (SSSR count). The normalized spacial score (nSPS) is 27.4. The number of methoxy groups -OCH3 is 1. The molecule has 0 unspecified atom stereocenters. The van der Waals surface area contributed by atoms with Crippen LogP contribution in [0.2, 0.25) is 5.02 Å². The van der Waals surface area contributed by atoms with Crippen molar-refractivity contribution in [2.75, 3.05) is 30.1 Å². The third kappa shape index (κ3) is 3.40. The average molecular weight is 375 g/mol. The molecule has 9 heteroatoms. The van der Waals surface area contributed by atoms with E-state index in [1.54, 1.807) is 23.1 Å². The first kappa shape index (κ1) is 16.8. The zero-order chi connectivity index (χ0) is 16.6. The van der Waals surface area contributed by atoms with E-state index in [0.29, 0.717) is 15.9 Å². The Morgan fingerprint density at radius 2 is 2.17 bits per heavy atom. The van der Waals surface area contributed by atoms with Gasteiger partial charge in [-0.3, -0.25) is 4.79 Å². The molecule has 1 amide bonds. The number of aliphatic imine (C=N–C) groups is 1. The van der Waals surface area contributed by atoms with Crippen molar-refractivity contribution >= 4 is 50.0 Å². The summed E-state index contributed by atoms with van der Waals surface area (Å²) in [6.07, 6.45) is 0. The molecule has 0 spiro atoms. The largest absolute Gasteiger partial charge is 0.375 e. The number of rotatable bonds is 3. The Balaban J connectivity index is 2.01. The van der Waals surface area contributed by atoms with Gasteiger partial charge in [-0.1, -0.05) is 35.5 Å². The van der Waals surface area contributed by atoms with E-state index in [0.717, 1.165) is 0 Å². The molecule has 1 aromatic rings. The molecule has 0 saturated carbocycles. The Morgan fingerprint density at radius 3 is 2.87 bits per heavy atom. The van der Waals surface area contributed by atoms with Crippen molar-refractivity contribution in [3.63, 3.8) is 0 Å². The van der Waals surface area contributed by atoms with Crippen LogP contribution in [0, 0.1) is 0 Å². The van der Waals surface area contributed by atoms with Crippen LogP contribution in [0.15, 0.2) is 29.3 Å². The molecule has 2 aliphatic rings. The monoisotopic (exact) mass is 374 g/mol. The highest BCUT2D eigenvalue weighted by Crippen LogP contribution is 2.42. The van der Waals surface area contributed by atoms with E-state index in [1.165, 1.54) is 18.9 Å². The number of carbonyl (C=O) groups is 1. The third-order valence-electron chi connectivity index (χ3n) is 3.67. The summed E-state index contributed by atoms with van der Waals surface area (Å²) in [5.74, 6) is -0.288. The molecule has 0 radical (unpaired) electrons. The zero-order valence-corrected chi connectivity index (χ0v) is 14.7. The molecule has 2 aliphatic heterocycles. The van der Waals surface area contributed by atoms with Crippen LogP contribution in [0.5, 0.6) is 0 Å². The van der Waals surface area contributed by atoms with Crippen LogP contribution in [-0.4, -0.2) is 56.0 Å². The highest BCUT2D eigenvalue weighted by atomic mass is 35.5. The molecule has 6 nitrogen and oxygen atoms in total. The summed E-state index contributed by atoms with van der Waals surface area (Å²) in [5, 5.41) is 0.820. The maximum absolute atomic E-state index is 11.9. The van der Waals surface area contributed by atoms with E-state index < -0.39 is 15.7 Å². The number of benzene rings is 1. The van der Waals surface area contributed by atoms with Gasteiger partial charge in [0, 0.05) is 12.4 Å². The summed E-state index contributed by atoms with van der Waals surface area (Å²) < 4.78 is 28.7. The molecule has 0 aliphatic carbocycles. The van der Waals surface area contributed by atoms with Crippen LogP contribution in [-0.2, 0) is 19.4 Å². The van der Waals surface area contributed by atoms with Crippen molar-refractivity contribution < 1.29 is 17.9 Å². The van der Waals surface area contributed by atoms with Crippen molar-refractivity contribution in [1.82, 2.24) is 0 Å². The lowest BCUT2D eigenvalue weighted by molar-refractivity contribution is -0.121. The van der Waals surface area contributed by atoms with Crippen molar-refractivity contribution in [3.8, 4) is 0 Å². The Morgan fingerprint density at radius 1 is 1.43 bits per heavy atom. The van der Waals surface area contributed by atoms with Crippen molar-refractivity contribution in [1.29, 1.82) is 0 Å². The number of halogens is 1. The van der Waals surface area contributed by atoms with Gasteiger partial charge in [0.15, 0.2) is 15.0 Å². The number of anilines is 1. The first-order valence-electron chi connectivity index (χ1n) is 6.92. The molecular weight excluding hydrogens is 360 g/mol. The number of fused-ring (bicyclic) bond motifs is 1. The van der Waals surface area contributed by atoms with Crippen LogP contribution in [0.1, 0.15) is 0 Å². The van der Waals surface area contributed by atoms with Crippen molar-refractivity contribution in [2.24, 2.45) is 4.99 Å². The number of thioether (sulfide) groups is 1. The first-order chi connectivity index (χ1) is 10.9. The van der Waals surface area contributed by atoms with Crippen LogP contribution in [0.25, 0.3) is 0 Å². The lowest BCUT2D eigenvalue weighted by Gasteiger charge is -2.25. The van der Waals surface area contributed by atoms with Gasteiger partial charge in [0.1, 0.15) is 6.61 Å². The fourth-order valence-electron chi connectivity index (χ4n) is 2.76. The second-order valence-corrected chi connectivity index (χ2v) is 9.11. The van der Waals surface area contributed by atoms with Gasteiger partial charge in [-0.05, 0) is 12.1 Å². The van der Waals surface area contributed by atoms with Gasteiger partial charge in [-0.2, -0.15) is 4.99 Å². The lowest BCUT2D eigenvalue weighted by Crippen LogP contribution is -2.38. The minimum Gasteiger partial charge on any atom is -0.375 e. The number of carbonyl (C=O) groups excluding carboxylic acids is 1. The summed E-state index contributed by atoms with van der Waals surface area (Å²) in [6.45, 7) is -0.117. The number of para-hydroxylation sites is 1. The first-order valence-corrected chi connectivity index (χ1v) is 10.0. The van der Waals surface area contributed by atoms with E-state index in [4.69, 9.17) is 16.3 Å². The summed E-state index contributed by atoms with van der Waals surface area (Å²) in [6, 6.07) is 6.88. The molecular formula is C14H15ClN2O4S2. The SMILES string of the molecule is COCC(=O)N=C1S[C@@H]2CS(=O)(=O)C[C@H]2N1c1ccccc1Cl. The topological polar surface area (TPSA) is 76.0 Å². The summed E-state index contributed by atoms with van der Waals surface area (Å²) >= 11 is 7.57. The van der Waals surface area contributed by atoms with E-state index in [9.17, 15) is 13.2 Å². The number of hydrogen-bond donors (Lipinski definition) is 0. The molecule has 1 aromatic carbocycles.